The Balaban J connectivity index is 2.00. The summed E-state index contributed by atoms with van der Waals surface area (Å²) in [7, 11) is 0. The van der Waals surface area contributed by atoms with Crippen molar-refractivity contribution >= 4 is 38.9 Å². The van der Waals surface area contributed by atoms with Gasteiger partial charge in [-0.1, -0.05) is 15.9 Å². The van der Waals surface area contributed by atoms with Crippen LogP contribution in [0.2, 0.25) is 0 Å². The number of nitrogens with one attached hydrogen (secondary N) is 1. The summed E-state index contributed by atoms with van der Waals surface area (Å²) < 4.78 is 13.7. The maximum atomic E-state index is 12.9. The van der Waals surface area contributed by atoms with E-state index in [4.69, 9.17) is 0 Å². The molecule has 1 N–H and O–H groups in total. The number of anilines is 1. The van der Waals surface area contributed by atoms with Crippen LogP contribution in [0.4, 0.5) is 10.1 Å². The van der Waals surface area contributed by atoms with Crippen molar-refractivity contribution in [3.05, 3.63) is 70.0 Å². The fraction of sp³-hybridized carbons (Fsp3) is 0. The molecule has 104 valence electrons. The highest BCUT2D eigenvalue weighted by Gasteiger charge is 2.25. The van der Waals surface area contributed by atoms with Gasteiger partial charge in [0.2, 0.25) is 0 Å². The second-order valence-corrected chi connectivity index (χ2v) is 5.49. The Labute approximate surface area is 128 Å². The first-order valence-electron chi connectivity index (χ1n) is 6.17. The van der Waals surface area contributed by atoms with Gasteiger partial charge in [-0.05, 0) is 48.5 Å². The molecular weight excluding hydrogens is 337 g/mol. The molecule has 5 heteroatoms. The normalized spacial score (nSPS) is 15.0. The number of benzene rings is 2. The molecule has 1 aliphatic heterocycles. The fourth-order valence-corrected chi connectivity index (χ4v) is 2.49. The van der Waals surface area contributed by atoms with Crippen LogP contribution in [0.15, 0.2) is 53.0 Å². The van der Waals surface area contributed by atoms with E-state index in [1.807, 2.05) is 6.07 Å². The van der Waals surface area contributed by atoms with Crippen LogP contribution in [0.5, 0.6) is 0 Å². The molecule has 0 aromatic heterocycles. The Morgan fingerprint density at radius 3 is 2.57 bits per heavy atom. The van der Waals surface area contributed by atoms with Crippen molar-refractivity contribution in [2.24, 2.45) is 0 Å². The van der Waals surface area contributed by atoms with E-state index in [0.29, 0.717) is 22.4 Å². The lowest BCUT2D eigenvalue weighted by Gasteiger charge is -2.00. The van der Waals surface area contributed by atoms with Crippen molar-refractivity contribution in [2.75, 3.05) is 5.32 Å². The predicted octanol–water partition coefficient (Wildman–Crippen LogP) is 3.81. The minimum atomic E-state index is -0.410. The third kappa shape index (κ3) is 2.64. The molecule has 0 spiro atoms. The third-order valence-electron chi connectivity index (χ3n) is 3.17. The van der Waals surface area contributed by atoms with Gasteiger partial charge in [-0.2, -0.15) is 0 Å². The van der Waals surface area contributed by atoms with Crippen LogP contribution < -0.4 is 5.32 Å². The first kappa shape index (κ1) is 13.7. The summed E-state index contributed by atoms with van der Waals surface area (Å²) in [6.45, 7) is 0. The predicted molar refractivity (Wildman–Crippen MR) is 81.5 cm³/mol. The molecule has 0 aliphatic carbocycles. The van der Waals surface area contributed by atoms with Crippen LogP contribution in [0, 0.1) is 5.82 Å². The monoisotopic (exact) mass is 345 g/mol. The molecule has 0 bridgehead atoms. The highest BCUT2D eigenvalue weighted by atomic mass is 79.9. The lowest BCUT2D eigenvalue weighted by Crippen LogP contribution is -2.06. The Morgan fingerprint density at radius 1 is 1.14 bits per heavy atom. The molecule has 1 heterocycles. The van der Waals surface area contributed by atoms with E-state index < -0.39 is 5.82 Å². The molecule has 0 unspecified atom stereocenters. The van der Waals surface area contributed by atoms with Crippen molar-refractivity contribution in [1.82, 2.24) is 0 Å². The zero-order chi connectivity index (χ0) is 15.0. The zero-order valence-corrected chi connectivity index (χ0v) is 12.3. The molecule has 21 heavy (non-hydrogen) atoms. The standard InChI is InChI=1S/C16H9BrFNO2/c17-10-3-6-14-12(7-10)13(16(21)19-14)8-15(20)9-1-4-11(18)5-2-9/h1-8H,(H,19,21)/b13-8-. The van der Waals surface area contributed by atoms with Crippen LogP contribution >= 0.6 is 15.9 Å². The average Bonchev–Trinajstić information content (AvgIpc) is 2.76. The van der Waals surface area contributed by atoms with E-state index in [0.717, 1.165) is 4.47 Å². The molecular formula is C16H9BrFNO2. The van der Waals surface area contributed by atoms with Gasteiger partial charge in [-0.15, -0.1) is 0 Å². The van der Waals surface area contributed by atoms with Gasteiger partial charge in [0.15, 0.2) is 5.78 Å². The maximum Gasteiger partial charge on any atom is 0.256 e. The topological polar surface area (TPSA) is 46.2 Å². The molecule has 1 amide bonds. The van der Waals surface area contributed by atoms with Crippen molar-refractivity contribution < 1.29 is 14.0 Å². The van der Waals surface area contributed by atoms with E-state index in [9.17, 15) is 14.0 Å². The van der Waals surface area contributed by atoms with Crippen molar-refractivity contribution in [1.29, 1.82) is 0 Å². The molecule has 0 fully saturated rings. The molecule has 1 aliphatic rings. The summed E-state index contributed by atoms with van der Waals surface area (Å²) in [6.07, 6.45) is 1.28. The first-order chi connectivity index (χ1) is 10.0. The molecule has 2 aromatic carbocycles. The van der Waals surface area contributed by atoms with Crippen molar-refractivity contribution in [3.8, 4) is 0 Å². The molecule has 0 radical (unpaired) electrons. The zero-order valence-electron chi connectivity index (χ0n) is 10.7. The maximum absolute atomic E-state index is 12.9. The number of allylic oxidation sites excluding steroid dienone is 1. The molecule has 0 saturated heterocycles. The van der Waals surface area contributed by atoms with Crippen LogP contribution in [-0.2, 0) is 4.79 Å². The van der Waals surface area contributed by atoms with Crippen LogP contribution in [-0.4, -0.2) is 11.7 Å². The Bertz CT molecular complexity index is 781. The van der Waals surface area contributed by atoms with E-state index in [-0.39, 0.29) is 11.7 Å². The summed E-state index contributed by atoms with van der Waals surface area (Å²) in [5.74, 6) is -1.07. The number of ketones is 1. The summed E-state index contributed by atoms with van der Waals surface area (Å²) in [5.41, 5.74) is 1.98. The number of carbonyl (C=O) groups excluding carboxylic acids is 2. The second kappa shape index (κ2) is 5.26. The Morgan fingerprint density at radius 2 is 1.86 bits per heavy atom. The summed E-state index contributed by atoms with van der Waals surface area (Å²) in [6, 6.07) is 10.6. The van der Waals surface area contributed by atoms with Gasteiger partial charge in [0.05, 0.1) is 5.57 Å². The van der Waals surface area contributed by atoms with Crippen LogP contribution in [0.3, 0.4) is 0 Å². The SMILES string of the molecule is O=C1Nc2ccc(Br)cc2/C1=C/C(=O)c1ccc(F)cc1. The van der Waals surface area contributed by atoms with Gasteiger partial charge in [0.25, 0.3) is 5.91 Å². The highest BCUT2D eigenvalue weighted by molar-refractivity contribution is 9.10. The summed E-state index contributed by atoms with van der Waals surface area (Å²) in [4.78, 5) is 24.1. The number of hydrogen-bond donors (Lipinski definition) is 1. The smallest absolute Gasteiger partial charge is 0.256 e. The number of hydrogen-bond acceptors (Lipinski definition) is 2. The fourth-order valence-electron chi connectivity index (χ4n) is 2.13. The van der Waals surface area contributed by atoms with Crippen molar-refractivity contribution in [2.45, 2.75) is 0 Å². The number of carbonyl (C=O) groups is 2. The van der Waals surface area contributed by atoms with Gasteiger partial charge in [0.1, 0.15) is 5.82 Å². The summed E-state index contributed by atoms with van der Waals surface area (Å²) in [5, 5.41) is 2.70. The van der Waals surface area contributed by atoms with E-state index in [2.05, 4.69) is 21.2 Å². The largest absolute Gasteiger partial charge is 0.321 e. The van der Waals surface area contributed by atoms with Gasteiger partial charge in [-0.3, -0.25) is 9.59 Å². The number of fused-ring (bicyclic) bond motifs is 1. The lowest BCUT2D eigenvalue weighted by molar-refractivity contribution is -0.110. The first-order valence-corrected chi connectivity index (χ1v) is 6.97. The van der Waals surface area contributed by atoms with E-state index >= 15 is 0 Å². The number of amides is 1. The van der Waals surface area contributed by atoms with E-state index in [1.165, 1.54) is 30.3 Å². The summed E-state index contributed by atoms with van der Waals surface area (Å²) >= 11 is 3.34. The number of rotatable bonds is 2. The van der Waals surface area contributed by atoms with Gasteiger partial charge in [-0.25, -0.2) is 4.39 Å². The molecule has 3 nitrogen and oxygen atoms in total. The third-order valence-corrected chi connectivity index (χ3v) is 3.66. The second-order valence-electron chi connectivity index (χ2n) is 4.57. The van der Waals surface area contributed by atoms with Crippen molar-refractivity contribution in [3.63, 3.8) is 0 Å². The van der Waals surface area contributed by atoms with Gasteiger partial charge < -0.3 is 5.32 Å². The number of halogens is 2. The van der Waals surface area contributed by atoms with Crippen LogP contribution in [0.1, 0.15) is 15.9 Å². The molecule has 2 aromatic rings. The molecule has 3 rings (SSSR count). The average molecular weight is 346 g/mol. The van der Waals surface area contributed by atoms with Crippen LogP contribution in [0.25, 0.3) is 5.57 Å². The Hall–Kier alpha value is -2.27. The Kier molecular flexibility index (Phi) is 3.43. The quantitative estimate of drug-likeness (QED) is 0.664. The molecule has 0 atom stereocenters. The lowest BCUT2D eigenvalue weighted by atomic mass is 10.0. The van der Waals surface area contributed by atoms with Gasteiger partial charge in [0, 0.05) is 21.3 Å². The molecule has 0 saturated carbocycles. The van der Waals surface area contributed by atoms with E-state index in [1.54, 1.807) is 12.1 Å². The van der Waals surface area contributed by atoms with Gasteiger partial charge >= 0.3 is 0 Å². The minimum Gasteiger partial charge on any atom is -0.321 e. The minimum absolute atomic E-state index is 0.306. The highest BCUT2D eigenvalue weighted by Crippen LogP contribution is 2.34.